The molecule has 0 saturated heterocycles. The number of rotatable bonds is 4. The van der Waals surface area contributed by atoms with Crippen LogP contribution in [0.3, 0.4) is 0 Å². The maximum absolute atomic E-state index is 13.3. The summed E-state index contributed by atoms with van der Waals surface area (Å²) in [5, 5.41) is 9.91. The van der Waals surface area contributed by atoms with Gasteiger partial charge in [-0.3, -0.25) is 4.79 Å². The molecule has 0 bridgehead atoms. The van der Waals surface area contributed by atoms with Crippen LogP contribution in [-0.2, 0) is 16.0 Å². The first-order valence-electron chi connectivity index (χ1n) is 5.52. The SMILES string of the molecule is CC(NC(=O)Cc1ccc(F)cc1F)(C(=O)O)C(F)(F)F. The van der Waals surface area contributed by atoms with E-state index in [1.807, 2.05) is 0 Å². The van der Waals surface area contributed by atoms with Crippen molar-refractivity contribution >= 4 is 11.9 Å². The summed E-state index contributed by atoms with van der Waals surface area (Å²) in [7, 11) is 0. The van der Waals surface area contributed by atoms with Crippen LogP contribution in [0.1, 0.15) is 12.5 Å². The fourth-order valence-electron chi connectivity index (χ4n) is 1.41. The zero-order valence-electron chi connectivity index (χ0n) is 10.6. The summed E-state index contributed by atoms with van der Waals surface area (Å²) in [6.45, 7) is 0.272. The molecule has 0 heterocycles. The summed E-state index contributed by atoms with van der Waals surface area (Å²) < 4.78 is 63.9. The van der Waals surface area contributed by atoms with Crippen LogP contribution in [0.5, 0.6) is 0 Å². The van der Waals surface area contributed by atoms with E-state index in [0.29, 0.717) is 6.07 Å². The second-order valence-corrected chi connectivity index (χ2v) is 4.39. The van der Waals surface area contributed by atoms with Gasteiger partial charge >= 0.3 is 12.1 Å². The molecule has 1 aromatic rings. The number of halogens is 5. The number of hydrogen-bond acceptors (Lipinski definition) is 2. The average molecular weight is 311 g/mol. The molecular weight excluding hydrogens is 301 g/mol. The van der Waals surface area contributed by atoms with E-state index in [2.05, 4.69) is 0 Å². The van der Waals surface area contributed by atoms with Crippen LogP contribution in [0.2, 0.25) is 0 Å². The molecule has 21 heavy (non-hydrogen) atoms. The summed E-state index contributed by atoms with van der Waals surface area (Å²) >= 11 is 0. The number of carboxylic acid groups (broad SMARTS) is 1. The molecule has 0 aliphatic carbocycles. The Kier molecular flexibility index (Phi) is 4.55. The molecule has 116 valence electrons. The van der Waals surface area contributed by atoms with E-state index < -0.39 is 41.6 Å². The Hall–Kier alpha value is -2.19. The molecule has 0 radical (unpaired) electrons. The Labute approximate surface area is 115 Å². The lowest BCUT2D eigenvalue weighted by Crippen LogP contribution is -2.62. The molecular formula is C12H10F5NO3. The van der Waals surface area contributed by atoms with Crippen LogP contribution >= 0.6 is 0 Å². The summed E-state index contributed by atoms with van der Waals surface area (Å²) in [6, 6.07) is 2.17. The molecule has 1 amide bonds. The van der Waals surface area contributed by atoms with Gasteiger partial charge in [-0.25, -0.2) is 13.6 Å². The lowest BCUT2D eigenvalue weighted by atomic mass is 10.0. The molecule has 0 aliphatic heterocycles. The third-order valence-electron chi connectivity index (χ3n) is 2.75. The van der Waals surface area contributed by atoms with Gasteiger partial charge < -0.3 is 10.4 Å². The average Bonchev–Trinajstić information content (AvgIpc) is 2.31. The van der Waals surface area contributed by atoms with Crippen LogP contribution in [0.4, 0.5) is 22.0 Å². The zero-order chi connectivity index (χ0) is 16.4. The molecule has 0 spiro atoms. The number of carbonyl (C=O) groups excluding carboxylic acids is 1. The summed E-state index contributed by atoms with van der Waals surface area (Å²) in [6.07, 6.45) is -6.10. The van der Waals surface area contributed by atoms with Crippen molar-refractivity contribution in [3.63, 3.8) is 0 Å². The number of aliphatic carboxylic acids is 1. The maximum atomic E-state index is 13.3. The van der Waals surface area contributed by atoms with Gasteiger partial charge in [-0.2, -0.15) is 13.2 Å². The quantitative estimate of drug-likeness (QED) is 0.836. The molecule has 2 N–H and O–H groups in total. The van der Waals surface area contributed by atoms with Crippen LogP contribution < -0.4 is 5.32 Å². The number of carbonyl (C=O) groups is 2. The molecule has 0 fully saturated rings. The highest BCUT2D eigenvalue weighted by Crippen LogP contribution is 2.30. The molecule has 0 aromatic heterocycles. The third-order valence-corrected chi connectivity index (χ3v) is 2.75. The van der Waals surface area contributed by atoms with Crippen LogP contribution in [-0.4, -0.2) is 28.7 Å². The van der Waals surface area contributed by atoms with E-state index in [-0.39, 0.29) is 12.5 Å². The van der Waals surface area contributed by atoms with Gasteiger partial charge in [0.2, 0.25) is 11.4 Å². The van der Waals surface area contributed by atoms with Gasteiger partial charge in [0.15, 0.2) is 0 Å². The molecule has 4 nitrogen and oxygen atoms in total. The second-order valence-electron chi connectivity index (χ2n) is 4.39. The lowest BCUT2D eigenvalue weighted by molar-refractivity contribution is -0.206. The number of benzene rings is 1. The summed E-state index contributed by atoms with van der Waals surface area (Å²) in [4.78, 5) is 22.2. The molecule has 1 aromatic carbocycles. The van der Waals surface area contributed by atoms with Gasteiger partial charge in [0.1, 0.15) is 11.6 Å². The van der Waals surface area contributed by atoms with Crippen molar-refractivity contribution in [1.82, 2.24) is 5.32 Å². The summed E-state index contributed by atoms with van der Waals surface area (Å²) in [5.74, 6) is -5.69. The number of nitrogens with one attached hydrogen (secondary N) is 1. The molecule has 0 aliphatic rings. The molecule has 0 saturated carbocycles. The Morgan fingerprint density at radius 3 is 2.24 bits per heavy atom. The first-order chi connectivity index (χ1) is 9.47. The van der Waals surface area contributed by atoms with Gasteiger partial charge in [-0.1, -0.05) is 6.07 Å². The van der Waals surface area contributed by atoms with Crippen LogP contribution in [0, 0.1) is 11.6 Å². The van der Waals surface area contributed by atoms with Crippen molar-refractivity contribution in [3.05, 3.63) is 35.4 Å². The second kappa shape index (κ2) is 5.66. The van der Waals surface area contributed by atoms with Crippen LogP contribution in [0.25, 0.3) is 0 Å². The van der Waals surface area contributed by atoms with E-state index in [9.17, 15) is 31.5 Å². The Bertz CT molecular complexity index is 573. The van der Waals surface area contributed by atoms with Crippen molar-refractivity contribution in [3.8, 4) is 0 Å². The highest BCUT2D eigenvalue weighted by atomic mass is 19.4. The van der Waals surface area contributed by atoms with Gasteiger partial charge in [0, 0.05) is 6.07 Å². The predicted octanol–water partition coefficient (Wildman–Crippen LogP) is 2.03. The van der Waals surface area contributed by atoms with E-state index in [0.717, 1.165) is 12.1 Å². The third kappa shape index (κ3) is 3.67. The van der Waals surface area contributed by atoms with E-state index in [1.165, 1.54) is 5.32 Å². The fourth-order valence-corrected chi connectivity index (χ4v) is 1.41. The lowest BCUT2D eigenvalue weighted by Gasteiger charge is -2.28. The van der Waals surface area contributed by atoms with Gasteiger partial charge in [0.05, 0.1) is 6.42 Å². The number of amides is 1. The predicted molar refractivity (Wildman–Crippen MR) is 60.3 cm³/mol. The maximum Gasteiger partial charge on any atom is 0.422 e. The minimum atomic E-state index is -5.24. The minimum absolute atomic E-state index is 0.272. The molecule has 9 heteroatoms. The van der Waals surface area contributed by atoms with E-state index in [4.69, 9.17) is 5.11 Å². The Balaban J connectivity index is 2.92. The van der Waals surface area contributed by atoms with Crippen LogP contribution in [0.15, 0.2) is 18.2 Å². The molecule has 1 unspecified atom stereocenters. The van der Waals surface area contributed by atoms with Crippen molar-refractivity contribution in [2.45, 2.75) is 25.1 Å². The van der Waals surface area contributed by atoms with Crippen molar-refractivity contribution in [2.24, 2.45) is 0 Å². The smallest absolute Gasteiger partial charge is 0.422 e. The van der Waals surface area contributed by atoms with E-state index >= 15 is 0 Å². The van der Waals surface area contributed by atoms with Crippen molar-refractivity contribution in [2.75, 3.05) is 0 Å². The first-order valence-corrected chi connectivity index (χ1v) is 5.52. The number of carboxylic acids is 1. The number of alkyl halides is 3. The van der Waals surface area contributed by atoms with Crippen molar-refractivity contribution in [1.29, 1.82) is 0 Å². The highest BCUT2D eigenvalue weighted by Gasteiger charge is 2.58. The molecule has 1 rings (SSSR count). The van der Waals surface area contributed by atoms with E-state index in [1.54, 1.807) is 0 Å². The van der Waals surface area contributed by atoms with Gasteiger partial charge in [0.25, 0.3) is 0 Å². The fraction of sp³-hybridized carbons (Fsp3) is 0.333. The minimum Gasteiger partial charge on any atom is -0.479 e. The van der Waals surface area contributed by atoms with Gasteiger partial charge in [-0.05, 0) is 18.6 Å². The Morgan fingerprint density at radius 1 is 1.24 bits per heavy atom. The summed E-state index contributed by atoms with van der Waals surface area (Å²) in [5.41, 5.74) is -3.86. The standard InChI is InChI=1S/C12H10F5NO3/c1-11(10(20)21,12(15,16)17)18-9(19)4-6-2-3-7(13)5-8(6)14/h2-3,5H,4H2,1H3,(H,18,19)(H,20,21). The highest BCUT2D eigenvalue weighted by molar-refractivity contribution is 5.88. The van der Waals surface area contributed by atoms with Gasteiger partial charge in [-0.15, -0.1) is 0 Å². The molecule has 1 atom stereocenters. The first kappa shape index (κ1) is 16.9. The normalized spacial score (nSPS) is 14.4. The Morgan fingerprint density at radius 2 is 1.81 bits per heavy atom. The number of hydrogen-bond donors (Lipinski definition) is 2. The van der Waals surface area contributed by atoms with Crippen molar-refractivity contribution < 1.29 is 36.6 Å². The zero-order valence-corrected chi connectivity index (χ0v) is 10.6. The topological polar surface area (TPSA) is 66.4 Å². The monoisotopic (exact) mass is 311 g/mol. The largest absolute Gasteiger partial charge is 0.479 e.